The van der Waals surface area contributed by atoms with Crippen LogP contribution in [0.3, 0.4) is 0 Å². The molecule has 0 aliphatic heterocycles. The largest absolute Gasteiger partial charge is 0.480 e. The van der Waals surface area contributed by atoms with Crippen LogP contribution < -0.4 is 10.6 Å². The number of nitrogens with one attached hydrogen (secondary N) is 2. The highest BCUT2D eigenvalue weighted by molar-refractivity contribution is 5.91. The summed E-state index contributed by atoms with van der Waals surface area (Å²) >= 11 is 0. The van der Waals surface area contributed by atoms with Crippen molar-refractivity contribution in [2.45, 2.75) is 44.7 Å². The minimum absolute atomic E-state index is 0.181. The van der Waals surface area contributed by atoms with Crippen LogP contribution in [-0.4, -0.2) is 35.0 Å². The van der Waals surface area contributed by atoms with Crippen LogP contribution in [0.25, 0.3) is 0 Å². The van der Waals surface area contributed by atoms with E-state index in [0.717, 1.165) is 16.7 Å². The number of carboxylic acids is 1. The third-order valence-corrected chi connectivity index (χ3v) is 5.35. The smallest absolute Gasteiger partial charge is 0.326 e. The molecule has 0 fully saturated rings. The average Bonchev–Trinajstić information content (AvgIpc) is 3.16. The van der Waals surface area contributed by atoms with Gasteiger partial charge in [0.15, 0.2) is 0 Å². The molecule has 1 aliphatic rings. The number of hydrogen-bond acceptors (Lipinski definition) is 3. The summed E-state index contributed by atoms with van der Waals surface area (Å²) in [6.45, 7) is 1.57. The van der Waals surface area contributed by atoms with Gasteiger partial charge in [-0.25, -0.2) is 4.79 Å². The van der Waals surface area contributed by atoms with E-state index in [9.17, 15) is 19.5 Å². The van der Waals surface area contributed by atoms with E-state index >= 15 is 0 Å². The van der Waals surface area contributed by atoms with Crippen LogP contribution in [0.15, 0.2) is 54.6 Å². The molecule has 2 amide bonds. The zero-order valence-electron chi connectivity index (χ0n) is 16.4. The van der Waals surface area contributed by atoms with E-state index in [1.807, 2.05) is 54.6 Å². The van der Waals surface area contributed by atoms with Crippen molar-refractivity contribution in [3.63, 3.8) is 0 Å². The Labute approximate surface area is 170 Å². The first-order valence-corrected chi connectivity index (χ1v) is 9.88. The van der Waals surface area contributed by atoms with Crippen molar-refractivity contribution < 1.29 is 19.5 Å². The maximum Gasteiger partial charge on any atom is 0.326 e. The van der Waals surface area contributed by atoms with Crippen molar-refractivity contribution in [3.05, 3.63) is 71.3 Å². The van der Waals surface area contributed by atoms with E-state index in [0.29, 0.717) is 19.3 Å². The molecule has 3 rings (SSSR count). The number of hydrogen-bond donors (Lipinski definition) is 3. The summed E-state index contributed by atoms with van der Waals surface area (Å²) in [6, 6.07) is 15.7. The molecule has 0 unspecified atom stereocenters. The molecule has 0 spiro atoms. The summed E-state index contributed by atoms with van der Waals surface area (Å²) < 4.78 is 0. The Morgan fingerprint density at radius 3 is 2.14 bits per heavy atom. The number of fused-ring (bicyclic) bond motifs is 1. The Hall–Kier alpha value is -3.15. The SMILES string of the molecule is C[C@H](NC(=O)C1Cc2ccccc2C1)C(=O)N[C@@H](CCc1ccccc1)C(=O)O. The van der Waals surface area contributed by atoms with Gasteiger partial charge >= 0.3 is 5.97 Å². The van der Waals surface area contributed by atoms with Crippen molar-refractivity contribution in [2.75, 3.05) is 0 Å². The number of rotatable bonds is 8. The first kappa shape index (κ1) is 20.6. The van der Waals surface area contributed by atoms with Gasteiger partial charge in [-0.05, 0) is 49.3 Å². The number of carbonyl (C=O) groups excluding carboxylic acids is 2. The molecule has 1 aliphatic carbocycles. The predicted molar refractivity (Wildman–Crippen MR) is 109 cm³/mol. The van der Waals surface area contributed by atoms with Gasteiger partial charge in [0.05, 0.1) is 0 Å². The number of benzene rings is 2. The third-order valence-electron chi connectivity index (χ3n) is 5.35. The molecule has 0 heterocycles. The molecule has 2 aromatic carbocycles. The Bertz CT molecular complexity index is 856. The Kier molecular flexibility index (Phi) is 6.65. The second kappa shape index (κ2) is 9.37. The summed E-state index contributed by atoms with van der Waals surface area (Å²) in [5.41, 5.74) is 3.34. The van der Waals surface area contributed by atoms with E-state index in [4.69, 9.17) is 0 Å². The summed E-state index contributed by atoms with van der Waals surface area (Å²) in [6.07, 6.45) is 2.14. The predicted octanol–water partition coefficient (Wildman–Crippen LogP) is 2.11. The standard InChI is InChI=1S/C23H26N2O4/c1-15(24-22(27)19-13-17-9-5-6-10-18(17)14-19)21(26)25-20(23(28)29)12-11-16-7-3-2-4-8-16/h2-10,15,19-20H,11-14H2,1H3,(H,24,27)(H,25,26)(H,28,29)/t15-,20-/m0/s1. The van der Waals surface area contributed by atoms with Gasteiger partial charge in [0.1, 0.15) is 12.1 Å². The molecule has 29 heavy (non-hydrogen) atoms. The molecule has 0 aromatic heterocycles. The second-order valence-electron chi connectivity index (χ2n) is 7.53. The normalized spacial score (nSPS) is 15.2. The first-order chi connectivity index (χ1) is 13.9. The molecule has 6 heteroatoms. The zero-order valence-corrected chi connectivity index (χ0v) is 16.4. The fourth-order valence-corrected chi connectivity index (χ4v) is 3.65. The Balaban J connectivity index is 1.50. The average molecular weight is 394 g/mol. The van der Waals surface area contributed by atoms with E-state index < -0.39 is 24.0 Å². The van der Waals surface area contributed by atoms with E-state index in [2.05, 4.69) is 10.6 Å². The number of amides is 2. The molecular weight excluding hydrogens is 368 g/mol. The fourth-order valence-electron chi connectivity index (χ4n) is 3.65. The minimum Gasteiger partial charge on any atom is -0.480 e. The Morgan fingerprint density at radius 1 is 0.966 bits per heavy atom. The molecule has 6 nitrogen and oxygen atoms in total. The molecule has 152 valence electrons. The van der Waals surface area contributed by atoms with Gasteiger partial charge in [-0.15, -0.1) is 0 Å². The van der Waals surface area contributed by atoms with Gasteiger partial charge < -0.3 is 15.7 Å². The quantitative estimate of drug-likeness (QED) is 0.639. The lowest BCUT2D eigenvalue weighted by Crippen LogP contribution is -2.51. The fraction of sp³-hybridized carbons (Fsp3) is 0.348. The molecule has 0 saturated carbocycles. The van der Waals surface area contributed by atoms with E-state index in [1.165, 1.54) is 0 Å². The van der Waals surface area contributed by atoms with Gasteiger partial charge in [-0.2, -0.15) is 0 Å². The topological polar surface area (TPSA) is 95.5 Å². The monoisotopic (exact) mass is 394 g/mol. The number of aliphatic carboxylic acids is 1. The van der Waals surface area contributed by atoms with Crippen LogP contribution in [0.4, 0.5) is 0 Å². The van der Waals surface area contributed by atoms with Crippen molar-refractivity contribution in [1.29, 1.82) is 0 Å². The molecule has 0 bridgehead atoms. The van der Waals surface area contributed by atoms with Gasteiger partial charge in [-0.1, -0.05) is 54.6 Å². The van der Waals surface area contributed by atoms with Crippen LogP contribution in [0, 0.1) is 5.92 Å². The van der Waals surface area contributed by atoms with Crippen LogP contribution in [-0.2, 0) is 33.6 Å². The zero-order chi connectivity index (χ0) is 20.8. The lowest BCUT2D eigenvalue weighted by atomic mass is 10.0. The number of aryl methyl sites for hydroxylation is 1. The molecule has 0 saturated heterocycles. The maximum absolute atomic E-state index is 12.6. The van der Waals surface area contributed by atoms with Crippen molar-refractivity contribution in [1.82, 2.24) is 10.6 Å². The van der Waals surface area contributed by atoms with E-state index in [1.54, 1.807) is 6.92 Å². The van der Waals surface area contributed by atoms with Gasteiger partial charge in [0.2, 0.25) is 11.8 Å². The van der Waals surface area contributed by atoms with Crippen LogP contribution in [0.2, 0.25) is 0 Å². The number of carboxylic acid groups (broad SMARTS) is 1. The molecule has 0 radical (unpaired) electrons. The molecule has 3 N–H and O–H groups in total. The molecule has 2 aromatic rings. The van der Waals surface area contributed by atoms with Gasteiger partial charge in [0, 0.05) is 5.92 Å². The number of carbonyl (C=O) groups is 3. The highest BCUT2D eigenvalue weighted by atomic mass is 16.4. The van der Waals surface area contributed by atoms with Gasteiger partial charge in [-0.3, -0.25) is 9.59 Å². The summed E-state index contributed by atoms with van der Waals surface area (Å²) in [7, 11) is 0. The third kappa shape index (κ3) is 5.44. The van der Waals surface area contributed by atoms with Crippen LogP contribution in [0.1, 0.15) is 30.0 Å². The van der Waals surface area contributed by atoms with Crippen molar-refractivity contribution in [2.24, 2.45) is 5.92 Å². The minimum atomic E-state index is -1.08. The second-order valence-corrected chi connectivity index (χ2v) is 7.53. The molecule has 2 atom stereocenters. The Morgan fingerprint density at radius 2 is 1.55 bits per heavy atom. The highest BCUT2D eigenvalue weighted by Crippen LogP contribution is 2.26. The van der Waals surface area contributed by atoms with Gasteiger partial charge in [0.25, 0.3) is 0 Å². The summed E-state index contributed by atoms with van der Waals surface area (Å²) in [4.78, 5) is 36.5. The lowest BCUT2D eigenvalue weighted by molar-refractivity contribution is -0.142. The lowest BCUT2D eigenvalue weighted by Gasteiger charge is -2.20. The maximum atomic E-state index is 12.6. The highest BCUT2D eigenvalue weighted by Gasteiger charge is 2.30. The van der Waals surface area contributed by atoms with Crippen LogP contribution in [0.5, 0.6) is 0 Å². The van der Waals surface area contributed by atoms with Crippen LogP contribution >= 0.6 is 0 Å². The van der Waals surface area contributed by atoms with Crippen molar-refractivity contribution >= 4 is 17.8 Å². The first-order valence-electron chi connectivity index (χ1n) is 9.88. The van der Waals surface area contributed by atoms with E-state index in [-0.39, 0.29) is 18.2 Å². The summed E-state index contributed by atoms with van der Waals surface area (Å²) in [5, 5.41) is 14.7. The van der Waals surface area contributed by atoms with Crippen molar-refractivity contribution in [3.8, 4) is 0 Å². The molecular formula is C23H26N2O4. The summed E-state index contributed by atoms with van der Waals surface area (Å²) in [5.74, 6) is -1.95.